The van der Waals surface area contributed by atoms with E-state index in [9.17, 15) is 37.1 Å². The van der Waals surface area contributed by atoms with E-state index in [0.29, 0.717) is 0 Å². The number of benzene rings is 2. The first-order valence-electron chi connectivity index (χ1n) is 6.81. The fraction of sp³-hybridized carbons (Fsp3) is 0.0769. The van der Waals surface area contributed by atoms with E-state index in [2.05, 4.69) is 8.37 Å². The quantitative estimate of drug-likeness (QED) is 0.265. The Balaban J connectivity index is 2.12. The second kappa shape index (κ2) is 7.75. The average Bonchev–Trinajstić information content (AvgIpc) is 2.61. The van der Waals surface area contributed by atoms with Gasteiger partial charge in [-0.3, -0.25) is 20.2 Å². The van der Waals surface area contributed by atoms with Crippen LogP contribution in [0, 0.1) is 20.2 Å². The Labute approximate surface area is 152 Å². The van der Waals surface area contributed by atoms with Crippen molar-refractivity contribution in [3.8, 4) is 0 Å². The molecular formula is C13H10N2O10S2. The van der Waals surface area contributed by atoms with Crippen LogP contribution in [0.4, 0.5) is 11.4 Å². The molecule has 27 heavy (non-hydrogen) atoms. The summed E-state index contributed by atoms with van der Waals surface area (Å²) in [6.45, 7) is -1.27. The van der Waals surface area contributed by atoms with Crippen molar-refractivity contribution in [3.05, 3.63) is 68.8 Å². The Morgan fingerprint density at radius 1 is 0.741 bits per heavy atom. The van der Waals surface area contributed by atoms with Gasteiger partial charge in [0.1, 0.15) is 9.79 Å². The van der Waals surface area contributed by atoms with Gasteiger partial charge in [0.15, 0.2) is 6.79 Å². The Kier molecular flexibility index (Phi) is 5.85. The Morgan fingerprint density at radius 2 is 1.11 bits per heavy atom. The van der Waals surface area contributed by atoms with E-state index in [-0.39, 0.29) is 0 Å². The molecule has 2 rings (SSSR count). The van der Waals surface area contributed by atoms with Crippen LogP contribution in [0.1, 0.15) is 0 Å². The molecule has 0 fully saturated rings. The highest BCUT2D eigenvalue weighted by atomic mass is 32.2. The minimum absolute atomic E-state index is 0.509. The molecule has 0 saturated carbocycles. The molecule has 0 unspecified atom stereocenters. The molecule has 0 aliphatic heterocycles. The van der Waals surface area contributed by atoms with Crippen LogP contribution in [0.5, 0.6) is 0 Å². The van der Waals surface area contributed by atoms with Crippen LogP contribution >= 0.6 is 0 Å². The van der Waals surface area contributed by atoms with E-state index >= 15 is 0 Å². The van der Waals surface area contributed by atoms with Crippen LogP contribution in [0.3, 0.4) is 0 Å². The molecule has 12 nitrogen and oxygen atoms in total. The number of rotatable bonds is 8. The Hall–Kier alpha value is -2.94. The standard InChI is InChI=1S/C13H10N2O10S2/c16-14(17)10-3-1-5-12(7-10)26(20,21)24-9-25-27(22,23)13-6-2-4-11(8-13)15(18)19/h1-8H,9H2. The molecule has 14 heteroatoms. The predicted octanol–water partition coefficient (Wildman–Crippen LogP) is 1.57. The summed E-state index contributed by atoms with van der Waals surface area (Å²) < 4.78 is 56.7. The van der Waals surface area contributed by atoms with Crippen molar-refractivity contribution >= 4 is 31.6 Å². The maximum absolute atomic E-state index is 12.0. The summed E-state index contributed by atoms with van der Waals surface area (Å²) in [4.78, 5) is 18.6. The van der Waals surface area contributed by atoms with E-state index in [0.717, 1.165) is 48.5 Å². The highest BCUT2D eigenvalue weighted by Crippen LogP contribution is 2.21. The summed E-state index contributed by atoms with van der Waals surface area (Å²) >= 11 is 0. The van der Waals surface area contributed by atoms with Gasteiger partial charge in [0.2, 0.25) is 0 Å². The zero-order chi connectivity index (χ0) is 20.2. The van der Waals surface area contributed by atoms with Gasteiger partial charge < -0.3 is 0 Å². The molecule has 2 aromatic rings. The number of nitrogens with zero attached hydrogens (tertiary/aromatic N) is 2. The number of hydrogen-bond donors (Lipinski definition) is 0. The van der Waals surface area contributed by atoms with Crippen LogP contribution in [-0.2, 0) is 28.6 Å². The predicted molar refractivity (Wildman–Crippen MR) is 87.6 cm³/mol. The SMILES string of the molecule is O=[N+]([O-])c1cccc(S(=O)(=O)OCOS(=O)(=O)c2cccc([N+](=O)[O-])c2)c1. The maximum atomic E-state index is 12.0. The van der Waals surface area contributed by atoms with E-state index in [1.165, 1.54) is 0 Å². The summed E-state index contributed by atoms with van der Waals surface area (Å²) in [7, 11) is -9.09. The highest BCUT2D eigenvalue weighted by Gasteiger charge is 2.22. The largest absolute Gasteiger partial charge is 0.299 e. The van der Waals surface area contributed by atoms with Gasteiger partial charge in [-0.25, -0.2) is 8.37 Å². The molecule has 0 amide bonds. The van der Waals surface area contributed by atoms with Gasteiger partial charge in [-0.2, -0.15) is 16.8 Å². The van der Waals surface area contributed by atoms with Gasteiger partial charge in [-0.1, -0.05) is 12.1 Å². The second-order valence-electron chi connectivity index (χ2n) is 4.77. The Bertz CT molecular complexity index is 1010. The molecule has 0 N–H and O–H groups in total. The van der Waals surface area contributed by atoms with Crippen molar-refractivity contribution < 1.29 is 35.0 Å². The van der Waals surface area contributed by atoms with Crippen molar-refractivity contribution in [2.75, 3.05) is 6.79 Å². The van der Waals surface area contributed by atoms with Crippen molar-refractivity contribution in [3.63, 3.8) is 0 Å². The van der Waals surface area contributed by atoms with Gasteiger partial charge in [0, 0.05) is 24.3 Å². The van der Waals surface area contributed by atoms with Crippen LogP contribution < -0.4 is 0 Å². The Morgan fingerprint density at radius 3 is 1.44 bits per heavy atom. The van der Waals surface area contributed by atoms with E-state index in [1.807, 2.05) is 0 Å². The van der Waals surface area contributed by atoms with Crippen LogP contribution in [0.25, 0.3) is 0 Å². The summed E-state index contributed by atoms with van der Waals surface area (Å²) in [5.74, 6) is 0. The third-order valence-electron chi connectivity index (χ3n) is 3.04. The first-order valence-corrected chi connectivity index (χ1v) is 9.62. The molecule has 0 radical (unpaired) electrons. The van der Waals surface area contributed by atoms with Crippen molar-refractivity contribution in [2.45, 2.75) is 9.79 Å². The fourth-order valence-electron chi connectivity index (χ4n) is 1.79. The molecule has 0 bridgehead atoms. The fourth-order valence-corrected chi connectivity index (χ4v) is 3.49. The average molecular weight is 418 g/mol. The lowest BCUT2D eigenvalue weighted by molar-refractivity contribution is -0.385. The van der Waals surface area contributed by atoms with E-state index in [1.54, 1.807) is 0 Å². The van der Waals surface area contributed by atoms with Gasteiger partial charge in [-0.15, -0.1) is 0 Å². The van der Waals surface area contributed by atoms with Crippen molar-refractivity contribution in [2.24, 2.45) is 0 Å². The number of nitro groups is 2. The van der Waals surface area contributed by atoms with Crippen LogP contribution in [0.15, 0.2) is 58.3 Å². The van der Waals surface area contributed by atoms with Crippen LogP contribution in [0.2, 0.25) is 0 Å². The number of hydrogen-bond acceptors (Lipinski definition) is 10. The molecule has 0 saturated heterocycles. The molecule has 0 aliphatic carbocycles. The lowest BCUT2D eigenvalue weighted by Crippen LogP contribution is -2.14. The number of non-ortho nitro benzene ring substituents is 2. The summed E-state index contributed by atoms with van der Waals surface area (Å²) in [5, 5.41) is 21.4. The van der Waals surface area contributed by atoms with Gasteiger partial charge in [0.05, 0.1) is 9.85 Å². The third-order valence-corrected chi connectivity index (χ3v) is 5.52. The maximum Gasteiger partial charge on any atom is 0.299 e. The lowest BCUT2D eigenvalue weighted by atomic mass is 10.3. The van der Waals surface area contributed by atoms with Gasteiger partial charge >= 0.3 is 0 Å². The third kappa shape index (κ3) is 5.04. The van der Waals surface area contributed by atoms with Gasteiger partial charge in [0.25, 0.3) is 31.6 Å². The first-order chi connectivity index (χ1) is 12.5. The molecule has 2 aromatic carbocycles. The molecule has 144 valence electrons. The van der Waals surface area contributed by atoms with Crippen molar-refractivity contribution in [1.29, 1.82) is 0 Å². The summed E-state index contributed by atoms with van der Waals surface area (Å²) in [6.07, 6.45) is 0. The lowest BCUT2D eigenvalue weighted by Gasteiger charge is -2.07. The normalized spacial score (nSPS) is 11.9. The molecule has 0 spiro atoms. The summed E-state index contributed by atoms with van der Waals surface area (Å²) in [5.41, 5.74) is -1.02. The molecule has 0 aliphatic rings. The van der Waals surface area contributed by atoms with Crippen LogP contribution in [-0.4, -0.2) is 33.5 Å². The zero-order valence-electron chi connectivity index (χ0n) is 13.1. The highest BCUT2D eigenvalue weighted by molar-refractivity contribution is 7.87. The number of nitro benzene ring substituents is 2. The first kappa shape index (κ1) is 20.4. The minimum Gasteiger partial charge on any atom is -0.258 e. The summed E-state index contributed by atoms with van der Waals surface area (Å²) in [6, 6.07) is 7.80. The molecule has 0 heterocycles. The van der Waals surface area contributed by atoms with Crippen molar-refractivity contribution in [1.82, 2.24) is 0 Å². The van der Waals surface area contributed by atoms with E-state index < -0.39 is 58.0 Å². The smallest absolute Gasteiger partial charge is 0.258 e. The molecular weight excluding hydrogens is 408 g/mol. The van der Waals surface area contributed by atoms with E-state index in [4.69, 9.17) is 0 Å². The molecule has 0 atom stereocenters. The second-order valence-corrected chi connectivity index (χ2v) is 8.00. The molecule has 0 aromatic heterocycles. The monoisotopic (exact) mass is 418 g/mol. The zero-order valence-corrected chi connectivity index (χ0v) is 14.8. The minimum atomic E-state index is -4.54. The van der Waals surface area contributed by atoms with Gasteiger partial charge in [-0.05, 0) is 12.1 Å². The topological polar surface area (TPSA) is 173 Å².